The van der Waals surface area contributed by atoms with Crippen molar-refractivity contribution >= 4 is 17.7 Å². The molecule has 0 aliphatic heterocycles. The molecule has 1 amide bonds. The molecule has 0 spiro atoms. The molecule has 0 bridgehead atoms. The molecule has 0 unspecified atom stereocenters. The molecule has 0 aliphatic carbocycles. The van der Waals surface area contributed by atoms with Crippen molar-refractivity contribution in [2.45, 2.75) is 18.1 Å². The largest absolute Gasteiger partial charge is 0.349 e. The van der Waals surface area contributed by atoms with Gasteiger partial charge in [0, 0.05) is 7.05 Å². The van der Waals surface area contributed by atoms with Crippen molar-refractivity contribution in [1.82, 2.24) is 20.1 Å². The fourth-order valence-corrected chi connectivity index (χ4v) is 3.05. The first-order chi connectivity index (χ1) is 12.2. The van der Waals surface area contributed by atoms with Crippen LogP contribution in [0.15, 0.2) is 59.8 Å². The minimum atomic E-state index is -0.0267. The second-order valence-corrected chi connectivity index (χ2v) is 6.45. The van der Waals surface area contributed by atoms with Gasteiger partial charge in [0.2, 0.25) is 5.91 Å². The number of carbonyl (C=O) groups is 1. The number of hydrogen-bond donors (Lipinski definition) is 1. The van der Waals surface area contributed by atoms with Crippen LogP contribution in [0.2, 0.25) is 0 Å². The highest BCUT2D eigenvalue weighted by Gasteiger charge is 2.09. The zero-order valence-corrected chi connectivity index (χ0v) is 15.1. The summed E-state index contributed by atoms with van der Waals surface area (Å²) >= 11 is 1.53. The fraction of sp³-hybridized carbons (Fsp3) is 0.211. The molecule has 1 N–H and O–H groups in total. The summed E-state index contributed by atoms with van der Waals surface area (Å²) in [5, 5.41) is 11.9. The number of benzene rings is 2. The second kappa shape index (κ2) is 7.98. The Morgan fingerprint density at radius 3 is 2.36 bits per heavy atom. The van der Waals surface area contributed by atoms with Crippen molar-refractivity contribution in [3.05, 3.63) is 66.0 Å². The molecule has 0 saturated carbocycles. The average molecular weight is 352 g/mol. The third kappa shape index (κ3) is 4.28. The van der Waals surface area contributed by atoms with Crippen LogP contribution in [0.25, 0.3) is 11.1 Å². The first-order valence-electron chi connectivity index (χ1n) is 8.00. The Hall–Kier alpha value is -2.60. The van der Waals surface area contributed by atoms with Gasteiger partial charge < -0.3 is 9.88 Å². The molecule has 0 atom stereocenters. The molecule has 0 fully saturated rings. The molecule has 0 radical (unpaired) electrons. The lowest BCUT2D eigenvalue weighted by Gasteiger charge is -2.07. The number of nitrogens with zero attached hydrogens (tertiary/aromatic N) is 3. The van der Waals surface area contributed by atoms with E-state index < -0.39 is 0 Å². The van der Waals surface area contributed by atoms with Crippen LogP contribution in [-0.2, 0) is 24.8 Å². The predicted octanol–water partition coefficient (Wildman–Crippen LogP) is 3.06. The SMILES string of the molecule is CSc1nnc(CNC(=O)Cc2ccc(-c3ccccc3)cc2)n1C. The van der Waals surface area contributed by atoms with Crippen LogP contribution in [0.4, 0.5) is 0 Å². The number of hydrogen-bond acceptors (Lipinski definition) is 4. The molecule has 128 valence electrons. The summed E-state index contributed by atoms with van der Waals surface area (Å²) in [6, 6.07) is 18.3. The van der Waals surface area contributed by atoms with Crippen LogP contribution in [0, 0.1) is 0 Å². The number of carbonyl (C=O) groups excluding carboxylic acids is 1. The normalized spacial score (nSPS) is 10.6. The van der Waals surface area contributed by atoms with Crippen molar-refractivity contribution in [3.8, 4) is 11.1 Å². The number of aromatic nitrogens is 3. The highest BCUT2D eigenvalue weighted by atomic mass is 32.2. The first-order valence-corrected chi connectivity index (χ1v) is 9.23. The topological polar surface area (TPSA) is 59.8 Å². The maximum absolute atomic E-state index is 12.2. The van der Waals surface area contributed by atoms with Crippen LogP contribution in [-0.4, -0.2) is 26.9 Å². The summed E-state index contributed by atoms with van der Waals surface area (Å²) in [5.74, 6) is 0.721. The average Bonchev–Trinajstić information content (AvgIpc) is 3.01. The van der Waals surface area contributed by atoms with Gasteiger partial charge in [-0.2, -0.15) is 0 Å². The fourth-order valence-electron chi connectivity index (χ4n) is 2.55. The van der Waals surface area contributed by atoms with Gasteiger partial charge >= 0.3 is 0 Å². The molecule has 5 nitrogen and oxygen atoms in total. The van der Waals surface area contributed by atoms with Gasteiger partial charge in [-0.1, -0.05) is 66.4 Å². The smallest absolute Gasteiger partial charge is 0.224 e. The van der Waals surface area contributed by atoms with Gasteiger partial charge in [-0.3, -0.25) is 4.79 Å². The van der Waals surface area contributed by atoms with Gasteiger partial charge in [0.25, 0.3) is 0 Å². The summed E-state index contributed by atoms with van der Waals surface area (Å²) in [4.78, 5) is 12.2. The lowest BCUT2D eigenvalue weighted by Crippen LogP contribution is -2.26. The van der Waals surface area contributed by atoms with Crippen LogP contribution in [0.3, 0.4) is 0 Å². The van der Waals surface area contributed by atoms with Gasteiger partial charge in [0.15, 0.2) is 11.0 Å². The Bertz CT molecular complexity index is 844. The lowest BCUT2D eigenvalue weighted by molar-refractivity contribution is -0.120. The molecule has 0 saturated heterocycles. The predicted molar refractivity (Wildman–Crippen MR) is 100 cm³/mol. The van der Waals surface area contributed by atoms with Crippen LogP contribution in [0.5, 0.6) is 0 Å². The van der Waals surface area contributed by atoms with E-state index in [0.717, 1.165) is 22.1 Å². The summed E-state index contributed by atoms with van der Waals surface area (Å²) in [5.41, 5.74) is 3.30. The van der Waals surface area contributed by atoms with E-state index in [1.807, 2.05) is 60.3 Å². The van der Waals surface area contributed by atoms with Crippen LogP contribution >= 0.6 is 11.8 Å². The maximum atomic E-state index is 12.2. The number of thioether (sulfide) groups is 1. The molecule has 3 aromatic rings. The van der Waals surface area contributed by atoms with E-state index in [4.69, 9.17) is 0 Å². The molecular weight excluding hydrogens is 332 g/mol. The Balaban J connectivity index is 1.57. The molecule has 6 heteroatoms. The van der Waals surface area contributed by atoms with Crippen molar-refractivity contribution in [3.63, 3.8) is 0 Å². The Kier molecular flexibility index (Phi) is 5.50. The van der Waals surface area contributed by atoms with Gasteiger partial charge in [-0.15, -0.1) is 10.2 Å². The van der Waals surface area contributed by atoms with Crippen molar-refractivity contribution in [2.24, 2.45) is 7.05 Å². The highest BCUT2D eigenvalue weighted by molar-refractivity contribution is 7.98. The highest BCUT2D eigenvalue weighted by Crippen LogP contribution is 2.19. The number of rotatable bonds is 6. The van der Waals surface area contributed by atoms with E-state index in [1.165, 1.54) is 17.3 Å². The Morgan fingerprint density at radius 1 is 1.04 bits per heavy atom. The molecule has 3 rings (SSSR count). The van der Waals surface area contributed by atoms with E-state index in [-0.39, 0.29) is 5.91 Å². The lowest BCUT2D eigenvalue weighted by atomic mass is 10.0. The zero-order chi connectivity index (χ0) is 17.6. The number of nitrogens with one attached hydrogen (secondary N) is 1. The van der Waals surface area contributed by atoms with Crippen LogP contribution in [0.1, 0.15) is 11.4 Å². The second-order valence-electron chi connectivity index (χ2n) is 5.68. The minimum Gasteiger partial charge on any atom is -0.349 e. The van der Waals surface area contributed by atoms with E-state index in [1.54, 1.807) is 0 Å². The molecule has 0 aliphatic rings. The van der Waals surface area contributed by atoms with Crippen molar-refractivity contribution in [1.29, 1.82) is 0 Å². The van der Waals surface area contributed by atoms with Crippen molar-refractivity contribution in [2.75, 3.05) is 6.26 Å². The van der Waals surface area contributed by atoms with Gasteiger partial charge in [0.1, 0.15) is 0 Å². The summed E-state index contributed by atoms with van der Waals surface area (Å²) in [6.45, 7) is 0.380. The third-order valence-corrected chi connectivity index (χ3v) is 4.70. The standard InChI is InChI=1S/C19H20N4OS/c1-23-17(21-22-19(23)25-2)13-20-18(24)12-14-8-10-16(11-9-14)15-6-4-3-5-7-15/h3-11H,12-13H2,1-2H3,(H,20,24). The summed E-state index contributed by atoms with van der Waals surface area (Å²) in [7, 11) is 1.90. The van der Waals surface area contributed by atoms with Gasteiger partial charge in [-0.25, -0.2) is 0 Å². The Morgan fingerprint density at radius 2 is 1.72 bits per heavy atom. The number of amides is 1. The maximum Gasteiger partial charge on any atom is 0.224 e. The van der Waals surface area contributed by atoms with Gasteiger partial charge in [-0.05, 0) is 22.9 Å². The molecular formula is C19H20N4OS. The molecule has 1 heterocycles. The quantitative estimate of drug-likeness (QED) is 0.693. The monoisotopic (exact) mass is 352 g/mol. The molecule has 1 aromatic heterocycles. The van der Waals surface area contributed by atoms with Gasteiger partial charge in [0.05, 0.1) is 13.0 Å². The Labute approximate surface area is 151 Å². The van der Waals surface area contributed by atoms with E-state index in [2.05, 4.69) is 27.6 Å². The molecule has 25 heavy (non-hydrogen) atoms. The summed E-state index contributed by atoms with van der Waals surface area (Å²) < 4.78 is 1.89. The van der Waals surface area contributed by atoms with E-state index >= 15 is 0 Å². The first kappa shape index (κ1) is 17.2. The minimum absolute atomic E-state index is 0.0267. The summed E-state index contributed by atoms with van der Waals surface area (Å²) in [6.07, 6.45) is 2.30. The van der Waals surface area contributed by atoms with E-state index in [0.29, 0.717) is 13.0 Å². The van der Waals surface area contributed by atoms with Crippen LogP contribution < -0.4 is 5.32 Å². The van der Waals surface area contributed by atoms with Crippen molar-refractivity contribution < 1.29 is 4.79 Å². The van der Waals surface area contributed by atoms with E-state index in [9.17, 15) is 4.79 Å². The zero-order valence-electron chi connectivity index (χ0n) is 14.3. The third-order valence-electron chi connectivity index (χ3n) is 3.98. The molecule has 2 aromatic carbocycles.